The van der Waals surface area contributed by atoms with Crippen molar-refractivity contribution in [3.05, 3.63) is 81.2 Å². The molecular weight excluding hydrogens is 376 g/mol. The maximum Gasteiger partial charge on any atom is 0.292 e. The second-order valence-corrected chi connectivity index (χ2v) is 6.95. The molecule has 28 heavy (non-hydrogen) atoms. The van der Waals surface area contributed by atoms with Crippen LogP contribution in [0.4, 0.5) is 11.4 Å². The fourth-order valence-corrected chi connectivity index (χ4v) is 3.21. The van der Waals surface area contributed by atoms with Crippen molar-refractivity contribution in [1.29, 1.82) is 0 Å². The summed E-state index contributed by atoms with van der Waals surface area (Å²) in [5, 5.41) is 7.13. The van der Waals surface area contributed by atoms with Gasteiger partial charge >= 0.3 is 0 Å². The van der Waals surface area contributed by atoms with Gasteiger partial charge in [-0.2, -0.15) is 9.78 Å². The third kappa shape index (κ3) is 4.07. The molecule has 0 aliphatic heterocycles. The standard InChI is InChI=1S/C21H21ClN4O2/c1-14-8-7-9-15(2)20(14)24-18(27)13-25(3)17-12-23-26(21(28)19(17)22)16-10-5-4-6-11-16/h4-12H,13H2,1-3H3,(H,24,27). The zero-order chi connectivity index (χ0) is 20.3. The van der Waals surface area contributed by atoms with Crippen molar-refractivity contribution in [3.63, 3.8) is 0 Å². The van der Waals surface area contributed by atoms with Gasteiger partial charge in [-0.3, -0.25) is 9.59 Å². The van der Waals surface area contributed by atoms with Gasteiger partial charge in [-0.25, -0.2) is 0 Å². The largest absolute Gasteiger partial charge is 0.363 e. The van der Waals surface area contributed by atoms with Gasteiger partial charge in [0.2, 0.25) is 5.91 Å². The Labute approximate surface area is 168 Å². The summed E-state index contributed by atoms with van der Waals surface area (Å²) in [6, 6.07) is 14.8. The summed E-state index contributed by atoms with van der Waals surface area (Å²) in [4.78, 5) is 26.7. The number of anilines is 2. The summed E-state index contributed by atoms with van der Waals surface area (Å²) in [7, 11) is 1.69. The van der Waals surface area contributed by atoms with Gasteiger partial charge in [-0.15, -0.1) is 0 Å². The average molecular weight is 397 g/mol. The van der Waals surface area contributed by atoms with Gasteiger partial charge in [-0.05, 0) is 37.1 Å². The van der Waals surface area contributed by atoms with Gasteiger partial charge in [-0.1, -0.05) is 48.0 Å². The molecular formula is C21H21ClN4O2. The lowest BCUT2D eigenvalue weighted by atomic mass is 10.1. The molecule has 0 atom stereocenters. The highest BCUT2D eigenvalue weighted by molar-refractivity contribution is 6.33. The van der Waals surface area contributed by atoms with Crippen LogP contribution in [0.15, 0.2) is 59.5 Å². The monoisotopic (exact) mass is 396 g/mol. The zero-order valence-corrected chi connectivity index (χ0v) is 16.7. The van der Waals surface area contributed by atoms with Crippen LogP contribution < -0.4 is 15.8 Å². The van der Waals surface area contributed by atoms with Crippen LogP contribution in [-0.2, 0) is 4.79 Å². The van der Waals surface area contributed by atoms with Crippen LogP contribution >= 0.6 is 11.6 Å². The summed E-state index contributed by atoms with van der Waals surface area (Å²) < 4.78 is 1.23. The van der Waals surface area contributed by atoms with E-state index in [1.165, 1.54) is 10.9 Å². The molecule has 3 rings (SSSR count). The Morgan fingerprint density at radius 1 is 1.11 bits per heavy atom. The lowest BCUT2D eigenvalue weighted by molar-refractivity contribution is -0.114. The average Bonchev–Trinajstić information content (AvgIpc) is 2.67. The molecule has 0 saturated carbocycles. The minimum atomic E-state index is -0.438. The number of amides is 1. The number of carbonyl (C=O) groups is 1. The van der Waals surface area contributed by atoms with E-state index in [1.54, 1.807) is 24.1 Å². The number of aryl methyl sites for hydroxylation is 2. The maximum absolute atomic E-state index is 12.6. The van der Waals surface area contributed by atoms with E-state index in [9.17, 15) is 9.59 Å². The minimum absolute atomic E-state index is 0.0150. The number of carbonyl (C=O) groups excluding carboxylic acids is 1. The molecule has 0 radical (unpaired) electrons. The van der Waals surface area contributed by atoms with Crippen molar-refractivity contribution < 1.29 is 4.79 Å². The van der Waals surface area contributed by atoms with Crippen molar-refractivity contribution >= 4 is 28.9 Å². The number of rotatable bonds is 5. The second kappa shape index (κ2) is 8.27. The molecule has 6 nitrogen and oxygen atoms in total. The highest BCUT2D eigenvalue weighted by atomic mass is 35.5. The first kappa shape index (κ1) is 19.6. The Hall–Kier alpha value is -3.12. The number of hydrogen-bond acceptors (Lipinski definition) is 4. The molecule has 1 amide bonds. The van der Waals surface area contributed by atoms with Crippen LogP contribution in [0, 0.1) is 13.8 Å². The molecule has 0 bridgehead atoms. The summed E-state index contributed by atoms with van der Waals surface area (Å²) in [6.07, 6.45) is 1.49. The Morgan fingerprint density at radius 2 is 1.75 bits per heavy atom. The van der Waals surface area contributed by atoms with Crippen LogP contribution in [0.5, 0.6) is 0 Å². The number of benzene rings is 2. The third-order valence-electron chi connectivity index (χ3n) is 4.44. The van der Waals surface area contributed by atoms with Crippen LogP contribution in [0.1, 0.15) is 11.1 Å². The minimum Gasteiger partial charge on any atom is -0.363 e. The first-order chi connectivity index (χ1) is 13.4. The summed E-state index contributed by atoms with van der Waals surface area (Å²) in [5.74, 6) is -0.205. The predicted octanol–water partition coefficient (Wildman–Crippen LogP) is 3.58. The molecule has 0 saturated heterocycles. The highest BCUT2D eigenvalue weighted by Gasteiger charge is 2.16. The Balaban J connectivity index is 1.79. The topological polar surface area (TPSA) is 67.2 Å². The first-order valence-corrected chi connectivity index (χ1v) is 9.16. The second-order valence-electron chi connectivity index (χ2n) is 6.57. The number of hydrogen-bond donors (Lipinski definition) is 1. The maximum atomic E-state index is 12.6. The molecule has 3 aromatic rings. The molecule has 7 heteroatoms. The molecule has 1 heterocycles. The fraction of sp³-hybridized carbons (Fsp3) is 0.190. The highest BCUT2D eigenvalue weighted by Crippen LogP contribution is 2.22. The van der Waals surface area contributed by atoms with E-state index in [0.717, 1.165) is 16.8 Å². The number of likely N-dealkylation sites (N-methyl/N-ethyl adjacent to an activating group) is 1. The third-order valence-corrected chi connectivity index (χ3v) is 4.79. The van der Waals surface area contributed by atoms with E-state index < -0.39 is 5.56 Å². The molecule has 1 N–H and O–H groups in total. The lowest BCUT2D eigenvalue weighted by Crippen LogP contribution is -2.32. The summed E-state index contributed by atoms with van der Waals surface area (Å²) in [6.45, 7) is 3.91. The SMILES string of the molecule is Cc1cccc(C)c1NC(=O)CN(C)c1cnn(-c2ccccc2)c(=O)c1Cl. The first-order valence-electron chi connectivity index (χ1n) is 8.79. The van der Waals surface area contributed by atoms with Gasteiger partial charge in [0.25, 0.3) is 5.56 Å². The van der Waals surface area contributed by atoms with Gasteiger partial charge < -0.3 is 10.2 Å². The molecule has 2 aromatic carbocycles. The molecule has 0 unspecified atom stereocenters. The summed E-state index contributed by atoms with van der Waals surface area (Å²) >= 11 is 6.29. The number of nitrogens with one attached hydrogen (secondary N) is 1. The van der Waals surface area contributed by atoms with Gasteiger partial charge in [0, 0.05) is 12.7 Å². The Bertz CT molecular complexity index is 1040. The van der Waals surface area contributed by atoms with Crippen LogP contribution in [-0.4, -0.2) is 29.3 Å². The molecule has 0 aliphatic rings. The summed E-state index contributed by atoms with van der Waals surface area (Å²) in [5.41, 5.74) is 3.35. The zero-order valence-electron chi connectivity index (χ0n) is 15.9. The van der Waals surface area contributed by atoms with E-state index in [4.69, 9.17) is 11.6 Å². The lowest BCUT2D eigenvalue weighted by Gasteiger charge is -2.20. The Kier molecular flexibility index (Phi) is 5.80. The quantitative estimate of drug-likeness (QED) is 0.715. The number of halogens is 1. The van der Waals surface area contributed by atoms with Crippen molar-refractivity contribution in [1.82, 2.24) is 9.78 Å². The van der Waals surface area contributed by atoms with Gasteiger partial charge in [0.15, 0.2) is 0 Å². The molecule has 0 fully saturated rings. The van der Waals surface area contributed by atoms with Crippen molar-refractivity contribution in [2.75, 3.05) is 23.8 Å². The van der Waals surface area contributed by atoms with Crippen molar-refractivity contribution in [2.24, 2.45) is 0 Å². The van der Waals surface area contributed by atoms with E-state index in [1.807, 2.05) is 50.2 Å². The Morgan fingerprint density at radius 3 is 2.39 bits per heavy atom. The smallest absolute Gasteiger partial charge is 0.292 e. The van der Waals surface area contributed by atoms with E-state index >= 15 is 0 Å². The molecule has 1 aromatic heterocycles. The normalized spacial score (nSPS) is 10.6. The van der Waals surface area contributed by atoms with E-state index in [0.29, 0.717) is 11.4 Å². The fourth-order valence-electron chi connectivity index (χ4n) is 2.93. The number of nitrogens with zero attached hydrogens (tertiary/aromatic N) is 3. The van der Waals surface area contributed by atoms with Crippen molar-refractivity contribution in [2.45, 2.75) is 13.8 Å². The number of aromatic nitrogens is 2. The van der Waals surface area contributed by atoms with Crippen LogP contribution in [0.3, 0.4) is 0 Å². The van der Waals surface area contributed by atoms with Gasteiger partial charge in [0.05, 0.1) is 24.1 Å². The molecule has 0 spiro atoms. The number of para-hydroxylation sites is 2. The van der Waals surface area contributed by atoms with E-state index in [-0.39, 0.29) is 17.5 Å². The van der Waals surface area contributed by atoms with Crippen LogP contribution in [0.2, 0.25) is 5.02 Å². The van der Waals surface area contributed by atoms with Crippen LogP contribution in [0.25, 0.3) is 5.69 Å². The predicted molar refractivity (Wildman–Crippen MR) is 113 cm³/mol. The molecule has 0 aliphatic carbocycles. The molecule has 144 valence electrons. The van der Waals surface area contributed by atoms with Crippen molar-refractivity contribution in [3.8, 4) is 5.69 Å². The van der Waals surface area contributed by atoms with Gasteiger partial charge in [0.1, 0.15) is 5.02 Å². The van der Waals surface area contributed by atoms with E-state index in [2.05, 4.69) is 10.4 Å².